The number of nitrogens with zero attached hydrogens (tertiary/aromatic N) is 1. The van der Waals surface area contributed by atoms with E-state index in [0.717, 1.165) is 6.08 Å². The normalized spacial score (nSPS) is 18.5. The fraction of sp³-hybridized carbons (Fsp3) is 0.421. The van der Waals surface area contributed by atoms with Crippen molar-refractivity contribution in [2.75, 3.05) is 19.7 Å². The third-order valence-electron chi connectivity index (χ3n) is 4.73. The number of ether oxygens (including phenoxy) is 2. The molecule has 1 amide bonds. The van der Waals surface area contributed by atoms with Gasteiger partial charge < -0.3 is 19.5 Å². The molecule has 2 aliphatic rings. The number of amides is 1. The number of carboxylic acid groups (broad SMARTS) is 1. The van der Waals surface area contributed by atoms with Crippen LogP contribution in [-0.4, -0.2) is 53.1 Å². The van der Waals surface area contributed by atoms with Crippen LogP contribution in [0.25, 0.3) is 6.08 Å². The Morgan fingerprint density at radius 3 is 2.73 bits per heavy atom. The summed E-state index contributed by atoms with van der Waals surface area (Å²) >= 11 is 0. The highest BCUT2D eigenvalue weighted by Crippen LogP contribution is 2.40. The highest BCUT2D eigenvalue weighted by molar-refractivity contribution is 6.00. The fourth-order valence-electron chi connectivity index (χ4n) is 3.37. The number of hydrogen-bond acceptors (Lipinski definition) is 5. The molecule has 7 heteroatoms. The second kappa shape index (κ2) is 7.19. The first-order valence-electron chi connectivity index (χ1n) is 8.61. The van der Waals surface area contributed by atoms with E-state index < -0.39 is 11.6 Å². The molecule has 1 saturated heterocycles. The Morgan fingerprint density at radius 1 is 1.35 bits per heavy atom. The number of likely N-dealkylation sites (tertiary alicyclic amines) is 1. The minimum atomic E-state index is -1.04. The zero-order valence-corrected chi connectivity index (χ0v) is 14.6. The van der Waals surface area contributed by atoms with E-state index in [4.69, 9.17) is 14.6 Å². The van der Waals surface area contributed by atoms with Crippen molar-refractivity contribution in [1.82, 2.24) is 4.90 Å². The Bertz CT molecular complexity index is 761. The summed E-state index contributed by atoms with van der Waals surface area (Å²) < 4.78 is 11.2. The van der Waals surface area contributed by atoms with Crippen molar-refractivity contribution in [2.45, 2.75) is 31.8 Å². The van der Waals surface area contributed by atoms with Gasteiger partial charge in [-0.2, -0.15) is 0 Å². The van der Waals surface area contributed by atoms with Crippen molar-refractivity contribution < 1.29 is 29.0 Å². The maximum Gasteiger partial charge on any atom is 0.409 e. The van der Waals surface area contributed by atoms with Crippen LogP contribution < -0.4 is 4.74 Å². The number of benzene rings is 1. The quantitative estimate of drug-likeness (QED) is 0.834. The molecule has 0 aliphatic carbocycles. The van der Waals surface area contributed by atoms with E-state index in [-0.39, 0.29) is 18.3 Å². The monoisotopic (exact) mass is 359 g/mol. The molecule has 1 spiro atoms. The van der Waals surface area contributed by atoms with Crippen molar-refractivity contribution in [1.29, 1.82) is 0 Å². The Morgan fingerprint density at radius 2 is 2.08 bits per heavy atom. The zero-order chi connectivity index (χ0) is 18.7. The standard InChI is InChI=1S/C19H21NO6/c1-2-25-18(24)20-9-7-19(8-10-20)12-15(21)14-5-3-13(4-6-17(22)23)11-16(14)26-19/h3-6,11H,2,7-10,12H2,1H3,(H,22,23). The third-order valence-corrected chi connectivity index (χ3v) is 4.73. The smallest absolute Gasteiger partial charge is 0.409 e. The summed E-state index contributed by atoms with van der Waals surface area (Å²) in [6.07, 6.45) is 3.53. The van der Waals surface area contributed by atoms with E-state index in [2.05, 4.69) is 0 Å². The number of carbonyl (C=O) groups excluding carboxylic acids is 2. The summed E-state index contributed by atoms with van der Waals surface area (Å²) in [5, 5.41) is 8.75. The van der Waals surface area contributed by atoms with Crippen LogP contribution in [0.1, 0.15) is 42.1 Å². The van der Waals surface area contributed by atoms with Crippen molar-refractivity contribution in [3.63, 3.8) is 0 Å². The van der Waals surface area contributed by atoms with Crippen LogP contribution in [0.4, 0.5) is 4.79 Å². The van der Waals surface area contributed by atoms with Crippen molar-refractivity contribution >= 4 is 23.9 Å². The second-order valence-corrected chi connectivity index (χ2v) is 6.50. The van der Waals surface area contributed by atoms with Crippen LogP contribution in [0.5, 0.6) is 5.75 Å². The van der Waals surface area contributed by atoms with Crippen LogP contribution in [0.2, 0.25) is 0 Å². The molecule has 1 aromatic rings. The van der Waals surface area contributed by atoms with Gasteiger partial charge in [0.25, 0.3) is 0 Å². The lowest BCUT2D eigenvalue weighted by molar-refractivity contribution is -0.131. The Hall–Kier alpha value is -2.83. The summed E-state index contributed by atoms with van der Waals surface area (Å²) in [6.45, 7) is 3.04. The molecule has 1 N–H and O–H groups in total. The highest BCUT2D eigenvalue weighted by atomic mass is 16.6. The van der Waals surface area contributed by atoms with Gasteiger partial charge in [0, 0.05) is 32.0 Å². The number of rotatable bonds is 3. The molecule has 26 heavy (non-hydrogen) atoms. The van der Waals surface area contributed by atoms with Crippen molar-refractivity contribution in [2.24, 2.45) is 0 Å². The summed E-state index contributed by atoms with van der Waals surface area (Å²) in [6, 6.07) is 5.05. The minimum absolute atomic E-state index is 0.00426. The third kappa shape index (κ3) is 3.71. The zero-order valence-electron chi connectivity index (χ0n) is 14.6. The summed E-state index contributed by atoms with van der Waals surface area (Å²) in [4.78, 5) is 36.7. The molecule has 3 rings (SSSR count). The van der Waals surface area contributed by atoms with E-state index in [9.17, 15) is 14.4 Å². The highest BCUT2D eigenvalue weighted by Gasteiger charge is 2.43. The number of aliphatic carboxylic acids is 1. The SMILES string of the molecule is CCOC(=O)N1CCC2(CC1)CC(=O)c1ccc(C=CC(=O)O)cc1O2. The Kier molecular flexibility index (Phi) is 4.97. The molecule has 1 fully saturated rings. The molecule has 2 aliphatic heterocycles. The molecule has 138 valence electrons. The Labute approximate surface area is 151 Å². The molecule has 0 unspecified atom stereocenters. The number of fused-ring (bicyclic) bond motifs is 1. The van der Waals surface area contributed by atoms with Gasteiger partial charge in [-0.3, -0.25) is 4.79 Å². The van der Waals surface area contributed by atoms with Gasteiger partial charge in [-0.15, -0.1) is 0 Å². The van der Waals surface area contributed by atoms with E-state index >= 15 is 0 Å². The molecule has 0 aromatic heterocycles. The maximum absolute atomic E-state index is 12.6. The van der Waals surface area contributed by atoms with Crippen LogP contribution in [0.3, 0.4) is 0 Å². The fourth-order valence-corrected chi connectivity index (χ4v) is 3.37. The number of hydrogen-bond donors (Lipinski definition) is 1. The van der Waals surface area contributed by atoms with Gasteiger partial charge in [0.15, 0.2) is 5.78 Å². The molecule has 7 nitrogen and oxygen atoms in total. The number of carboxylic acids is 1. The van der Waals surface area contributed by atoms with Crippen LogP contribution in [0, 0.1) is 0 Å². The molecule has 0 saturated carbocycles. The molecular formula is C19H21NO6. The number of piperidine rings is 1. The first-order valence-corrected chi connectivity index (χ1v) is 8.61. The Balaban J connectivity index is 1.76. The van der Waals surface area contributed by atoms with Gasteiger partial charge in [-0.1, -0.05) is 6.07 Å². The first-order chi connectivity index (χ1) is 12.4. The summed E-state index contributed by atoms with van der Waals surface area (Å²) in [5.74, 6) is -0.564. The number of ketones is 1. The molecule has 1 aromatic carbocycles. The van der Waals surface area contributed by atoms with E-state index in [1.165, 1.54) is 6.08 Å². The predicted molar refractivity (Wildman–Crippen MR) is 93.2 cm³/mol. The lowest BCUT2D eigenvalue weighted by atomic mass is 9.82. The summed E-state index contributed by atoms with van der Waals surface area (Å²) in [7, 11) is 0. The van der Waals surface area contributed by atoms with Crippen LogP contribution in [0.15, 0.2) is 24.3 Å². The average Bonchev–Trinajstić information content (AvgIpc) is 2.60. The van der Waals surface area contributed by atoms with E-state index in [1.807, 2.05) is 0 Å². The molecular weight excluding hydrogens is 338 g/mol. The van der Waals surface area contributed by atoms with Crippen molar-refractivity contribution in [3.05, 3.63) is 35.4 Å². The number of Topliss-reactive ketones (excluding diaryl/α,β-unsaturated/α-hetero) is 1. The van der Waals surface area contributed by atoms with Crippen LogP contribution in [-0.2, 0) is 9.53 Å². The molecule has 0 bridgehead atoms. The molecule has 2 heterocycles. The second-order valence-electron chi connectivity index (χ2n) is 6.50. The largest absolute Gasteiger partial charge is 0.486 e. The van der Waals surface area contributed by atoms with Gasteiger partial charge in [-0.05, 0) is 30.7 Å². The van der Waals surface area contributed by atoms with Crippen LogP contribution >= 0.6 is 0 Å². The average molecular weight is 359 g/mol. The van der Waals surface area contributed by atoms with Gasteiger partial charge in [0.1, 0.15) is 11.4 Å². The van der Waals surface area contributed by atoms with Gasteiger partial charge >= 0.3 is 12.1 Å². The van der Waals surface area contributed by atoms with E-state index in [1.54, 1.807) is 30.0 Å². The van der Waals surface area contributed by atoms with Gasteiger partial charge in [0.2, 0.25) is 0 Å². The molecule has 0 atom stereocenters. The maximum atomic E-state index is 12.6. The van der Waals surface area contributed by atoms with Gasteiger partial charge in [-0.25, -0.2) is 9.59 Å². The minimum Gasteiger partial charge on any atom is -0.486 e. The van der Waals surface area contributed by atoms with Gasteiger partial charge in [0.05, 0.1) is 18.6 Å². The predicted octanol–water partition coefficient (Wildman–Crippen LogP) is 2.74. The van der Waals surface area contributed by atoms with E-state index in [0.29, 0.717) is 49.4 Å². The first kappa shape index (κ1) is 18.0. The topological polar surface area (TPSA) is 93.1 Å². The lowest BCUT2D eigenvalue weighted by Gasteiger charge is -2.43. The summed E-state index contributed by atoms with van der Waals surface area (Å²) in [5.41, 5.74) is 0.540. The molecule has 0 radical (unpaired) electrons. The lowest BCUT2D eigenvalue weighted by Crippen LogP contribution is -2.52. The number of carbonyl (C=O) groups is 3. The van der Waals surface area contributed by atoms with Crippen molar-refractivity contribution in [3.8, 4) is 5.75 Å².